The van der Waals surface area contributed by atoms with Gasteiger partial charge in [-0.15, -0.1) is 0 Å². The van der Waals surface area contributed by atoms with Gasteiger partial charge in [-0.2, -0.15) is 13.2 Å². The molecule has 2 rings (SSSR count). The molecular weight excluding hydrogens is 327 g/mol. The van der Waals surface area contributed by atoms with Crippen molar-refractivity contribution in [1.29, 1.82) is 0 Å². The van der Waals surface area contributed by atoms with Crippen LogP contribution in [-0.2, 0) is 17.4 Å². The van der Waals surface area contributed by atoms with Crippen molar-refractivity contribution in [3.8, 4) is 0 Å². The van der Waals surface area contributed by atoms with Crippen LogP contribution in [0, 0.1) is 6.92 Å². The molecule has 2 aromatic rings. The lowest BCUT2D eigenvalue weighted by Gasteiger charge is -2.29. The van der Waals surface area contributed by atoms with Gasteiger partial charge >= 0.3 is 6.18 Å². The van der Waals surface area contributed by atoms with Gasteiger partial charge in [-0.1, -0.05) is 36.4 Å². The van der Waals surface area contributed by atoms with Gasteiger partial charge in [0.05, 0.1) is 18.0 Å². The van der Waals surface area contributed by atoms with Gasteiger partial charge in [0.1, 0.15) is 0 Å². The molecule has 0 fully saturated rings. The molecule has 2 nitrogen and oxygen atoms in total. The number of hydrogen-bond acceptors (Lipinski definition) is 1. The Morgan fingerprint density at radius 2 is 1.80 bits per heavy atom. The van der Waals surface area contributed by atoms with Gasteiger partial charge in [0.15, 0.2) is 0 Å². The number of likely N-dealkylation sites (N-methyl/N-ethyl adjacent to an activating group) is 1. The van der Waals surface area contributed by atoms with Crippen molar-refractivity contribution < 1.29 is 18.0 Å². The van der Waals surface area contributed by atoms with Crippen LogP contribution in [0.4, 0.5) is 13.2 Å². The Bertz CT molecular complexity index is 740. The number of benzene rings is 2. The molecule has 0 radical (unpaired) electrons. The zero-order chi connectivity index (χ0) is 18.6. The lowest BCUT2D eigenvalue weighted by atomic mass is 10.0. The molecule has 1 amide bonds. The number of halogens is 3. The third-order valence-corrected chi connectivity index (χ3v) is 4.43. The average Bonchev–Trinajstić information content (AvgIpc) is 2.57. The molecule has 25 heavy (non-hydrogen) atoms. The first-order valence-corrected chi connectivity index (χ1v) is 8.25. The summed E-state index contributed by atoms with van der Waals surface area (Å²) in [6.45, 7) is 5.96. The molecule has 134 valence electrons. The van der Waals surface area contributed by atoms with E-state index in [0.717, 1.165) is 23.3 Å². The van der Waals surface area contributed by atoms with E-state index < -0.39 is 17.8 Å². The fraction of sp³-hybridized carbons (Fsp3) is 0.350. The topological polar surface area (TPSA) is 20.3 Å². The summed E-state index contributed by atoms with van der Waals surface area (Å²) < 4.78 is 38.8. The zero-order valence-electron chi connectivity index (χ0n) is 14.6. The minimum absolute atomic E-state index is 0.0956. The van der Waals surface area contributed by atoms with Crippen molar-refractivity contribution in [2.75, 3.05) is 6.54 Å². The second-order valence-electron chi connectivity index (χ2n) is 6.08. The van der Waals surface area contributed by atoms with Gasteiger partial charge in [0.25, 0.3) is 0 Å². The van der Waals surface area contributed by atoms with Crippen molar-refractivity contribution in [3.05, 3.63) is 70.8 Å². The molecule has 0 aliphatic rings. The molecule has 0 N–H and O–H groups in total. The van der Waals surface area contributed by atoms with Crippen molar-refractivity contribution in [1.82, 2.24) is 4.90 Å². The van der Waals surface area contributed by atoms with E-state index in [1.54, 1.807) is 17.9 Å². The normalized spacial score (nSPS) is 12.7. The summed E-state index contributed by atoms with van der Waals surface area (Å²) in [6, 6.07) is 12.4. The molecule has 0 heterocycles. The lowest BCUT2D eigenvalue weighted by molar-refractivity contribution is -0.137. The van der Waals surface area contributed by atoms with Crippen molar-refractivity contribution in [2.24, 2.45) is 0 Å². The third kappa shape index (κ3) is 4.62. The SMILES string of the molecule is CCN(C(=O)Cc1ccccc1C)C(C)c1cccc(C(F)(F)F)c1. The van der Waals surface area contributed by atoms with E-state index in [4.69, 9.17) is 0 Å². The van der Waals surface area contributed by atoms with Gasteiger partial charge in [-0.3, -0.25) is 4.79 Å². The standard InChI is InChI=1S/C20H22F3NO/c1-4-24(19(25)13-16-9-6-5-8-14(16)2)15(3)17-10-7-11-18(12-17)20(21,22)23/h5-12,15H,4,13H2,1-3H3. The van der Waals surface area contributed by atoms with Crippen LogP contribution in [0.1, 0.15) is 42.1 Å². The smallest absolute Gasteiger partial charge is 0.336 e. The Kier molecular flexibility index (Phi) is 5.88. The van der Waals surface area contributed by atoms with Gasteiger partial charge in [-0.05, 0) is 49.6 Å². The molecular formula is C20H22F3NO. The Labute approximate surface area is 146 Å². The fourth-order valence-electron chi connectivity index (χ4n) is 2.89. The van der Waals surface area contributed by atoms with E-state index in [0.29, 0.717) is 12.1 Å². The quantitative estimate of drug-likeness (QED) is 0.729. The molecule has 0 aliphatic carbocycles. The van der Waals surface area contributed by atoms with E-state index in [2.05, 4.69) is 0 Å². The molecule has 2 aromatic carbocycles. The summed E-state index contributed by atoms with van der Waals surface area (Å²) in [5, 5.41) is 0. The first-order chi connectivity index (χ1) is 11.7. The minimum Gasteiger partial charge on any atom is -0.336 e. The van der Waals surface area contributed by atoms with Crippen LogP contribution in [0.5, 0.6) is 0 Å². The van der Waals surface area contributed by atoms with Gasteiger partial charge in [0, 0.05) is 6.54 Å². The zero-order valence-corrected chi connectivity index (χ0v) is 14.6. The molecule has 1 unspecified atom stereocenters. The summed E-state index contributed by atoms with van der Waals surface area (Å²) in [5.41, 5.74) is 1.75. The molecule has 0 saturated heterocycles. The Balaban J connectivity index is 2.22. The monoisotopic (exact) mass is 349 g/mol. The van der Waals surface area contributed by atoms with E-state index in [1.165, 1.54) is 6.07 Å². The van der Waals surface area contributed by atoms with Crippen molar-refractivity contribution in [2.45, 2.75) is 39.4 Å². The van der Waals surface area contributed by atoms with Crippen LogP contribution in [0.3, 0.4) is 0 Å². The van der Waals surface area contributed by atoms with Gasteiger partial charge in [0.2, 0.25) is 5.91 Å². The molecule has 0 aliphatic heterocycles. The van der Waals surface area contributed by atoms with Crippen molar-refractivity contribution >= 4 is 5.91 Å². The minimum atomic E-state index is -4.39. The first-order valence-electron chi connectivity index (χ1n) is 8.25. The Morgan fingerprint density at radius 1 is 1.12 bits per heavy atom. The fourth-order valence-corrected chi connectivity index (χ4v) is 2.89. The summed E-state index contributed by atoms with van der Waals surface area (Å²) in [6.07, 6.45) is -4.15. The number of nitrogens with zero attached hydrogens (tertiary/aromatic N) is 1. The van der Waals surface area contributed by atoms with Crippen LogP contribution < -0.4 is 0 Å². The maximum Gasteiger partial charge on any atom is 0.416 e. The first kappa shape index (κ1) is 19.0. The molecule has 0 aromatic heterocycles. The molecule has 1 atom stereocenters. The number of rotatable bonds is 5. The van der Waals surface area contributed by atoms with E-state index in [9.17, 15) is 18.0 Å². The Hall–Kier alpha value is -2.30. The largest absolute Gasteiger partial charge is 0.416 e. The predicted octanol–water partition coefficient (Wildman–Crippen LogP) is 5.17. The summed E-state index contributed by atoms with van der Waals surface area (Å²) in [7, 11) is 0. The van der Waals surface area contributed by atoms with Crippen LogP contribution in [-0.4, -0.2) is 17.4 Å². The summed E-state index contributed by atoms with van der Waals surface area (Å²) >= 11 is 0. The predicted molar refractivity (Wildman–Crippen MR) is 92.1 cm³/mol. The Morgan fingerprint density at radius 3 is 2.40 bits per heavy atom. The van der Waals surface area contributed by atoms with Crippen LogP contribution in [0.2, 0.25) is 0 Å². The maximum absolute atomic E-state index is 12.9. The molecule has 5 heteroatoms. The third-order valence-electron chi connectivity index (χ3n) is 4.43. The molecule has 0 spiro atoms. The second kappa shape index (κ2) is 7.72. The molecule has 0 saturated carbocycles. The highest BCUT2D eigenvalue weighted by Crippen LogP contribution is 2.32. The lowest BCUT2D eigenvalue weighted by Crippen LogP contribution is -2.34. The highest BCUT2D eigenvalue weighted by molar-refractivity contribution is 5.79. The van der Waals surface area contributed by atoms with Crippen LogP contribution in [0.25, 0.3) is 0 Å². The summed E-state index contributed by atoms with van der Waals surface area (Å²) in [5.74, 6) is -0.0956. The molecule has 0 bridgehead atoms. The maximum atomic E-state index is 12.9. The number of amides is 1. The van der Waals surface area contributed by atoms with Crippen molar-refractivity contribution in [3.63, 3.8) is 0 Å². The average molecular weight is 349 g/mol. The van der Waals surface area contributed by atoms with Gasteiger partial charge < -0.3 is 4.90 Å². The van der Waals surface area contributed by atoms with E-state index >= 15 is 0 Å². The number of alkyl halides is 3. The number of hydrogen-bond donors (Lipinski definition) is 0. The number of carbonyl (C=O) groups excluding carboxylic acids is 1. The number of aryl methyl sites for hydroxylation is 1. The second-order valence-corrected chi connectivity index (χ2v) is 6.08. The highest BCUT2D eigenvalue weighted by atomic mass is 19.4. The summed E-state index contributed by atoms with van der Waals surface area (Å²) in [4.78, 5) is 14.3. The van der Waals surface area contributed by atoms with Crippen LogP contribution >= 0.6 is 0 Å². The van der Waals surface area contributed by atoms with E-state index in [1.807, 2.05) is 38.1 Å². The van der Waals surface area contributed by atoms with Crippen LogP contribution in [0.15, 0.2) is 48.5 Å². The highest BCUT2D eigenvalue weighted by Gasteiger charge is 2.31. The van der Waals surface area contributed by atoms with Gasteiger partial charge in [-0.25, -0.2) is 0 Å². The van der Waals surface area contributed by atoms with E-state index in [-0.39, 0.29) is 12.3 Å². The number of carbonyl (C=O) groups is 1.